The lowest BCUT2D eigenvalue weighted by Gasteiger charge is -2.22. The minimum absolute atomic E-state index is 0.203. The first-order valence-corrected chi connectivity index (χ1v) is 5.68. The standard InChI is InChI=1S/C13H16FN3O/c1-13(2,3)17-8-15-16-12(17)10-6-5-9(18-4)7-11(10)14/h5-8H,1-4H3. The molecule has 0 atom stereocenters. The first-order chi connectivity index (χ1) is 8.43. The summed E-state index contributed by atoms with van der Waals surface area (Å²) in [5.41, 5.74) is 0.216. The number of methoxy groups -OCH3 is 1. The Bertz CT molecular complexity index is 558. The summed E-state index contributed by atoms with van der Waals surface area (Å²) in [6, 6.07) is 4.71. The Kier molecular flexibility index (Phi) is 3.07. The third-order valence-corrected chi connectivity index (χ3v) is 2.69. The molecule has 4 nitrogen and oxygen atoms in total. The lowest BCUT2D eigenvalue weighted by atomic mass is 10.1. The average Bonchev–Trinajstić information content (AvgIpc) is 2.77. The van der Waals surface area contributed by atoms with Crippen LogP contribution < -0.4 is 4.74 Å². The van der Waals surface area contributed by atoms with E-state index in [-0.39, 0.29) is 11.4 Å². The van der Waals surface area contributed by atoms with Crippen molar-refractivity contribution in [2.75, 3.05) is 7.11 Å². The van der Waals surface area contributed by atoms with Crippen LogP contribution in [0.2, 0.25) is 0 Å². The van der Waals surface area contributed by atoms with Gasteiger partial charge in [0.05, 0.1) is 12.7 Å². The zero-order valence-corrected chi connectivity index (χ0v) is 10.9. The van der Waals surface area contributed by atoms with Crippen LogP contribution in [0.5, 0.6) is 5.75 Å². The molecular weight excluding hydrogens is 233 g/mol. The Balaban J connectivity index is 2.53. The van der Waals surface area contributed by atoms with Gasteiger partial charge in [-0.2, -0.15) is 0 Å². The second kappa shape index (κ2) is 4.40. The third kappa shape index (κ3) is 2.20. The van der Waals surface area contributed by atoms with Gasteiger partial charge in [-0.15, -0.1) is 10.2 Å². The van der Waals surface area contributed by atoms with Crippen LogP contribution in [0.1, 0.15) is 20.8 Å². The fourth-order valence-corrected chi connectivity index (χ4v) is 1.71. The summed E-state index contributed by atoms with van der Waals surface area (Å²) < 4.78 is 20.8. The van der Waals surface area contributed by atoms with Crippen molar-refractivity contribution in [2.24, 2.45) is 0 Å². The number of halogens is 1. The van der Waals surface area contributed by atoms with Crippen LogP contribution in [0.25, 0.3) is 11.4 Å². The van der Waals surface area contributed by atoms with Crippen molar-refractivity contribution in [2.45, 2.75) is 26.3 Å². The highest BCUT2D eigenvalue weighted by atomic mass is 19.1. The van der Waals surface area contributed by atoms with Crippen LogP contribution in [0.4, 0.5) is 4.39 Å². The topological polar surface area (TPSA) is 39.9 Å². The van der Waals surface area contributed by atoms with Gasteiger partial charge in [0.1, 0.15) is 17.9 Å². The maximum absolute atomic E-state index is 14.0. The van der Waals surface area contributed by atoms with E-state index in [9.17, 15) is 4.39 Å². The van der Waals surface area contributed by atoms with Crippen molar-refractivity contribution in [3.63, 3.8) is 0 Å². The molecule has 0 fully saturated rings. The molecule has 1 aromatic heterocycles. The van der Waals surface area contributed by atoms with Crippen LogP contribution in [0.3, 0.4) is 0 Å². The summed E-state index contributed by atoms with van der Waals surface area (Å²) in [5.74, 6) is 0.633. The summed E-state index contributed by atoms with van der Waals surface area (Å²) in [6.07, 6.45) is 1.61. The van der Waals surface area contributed by atoms with Crippen molar-refractivity contribution in [3.05, 3.63) is 30.3 Å². The molecule has 5 heteroatoms. The lowest BCUT2D eigenvalue weighted by Crippen LogP contribution is -2.22. The Morgan fingerprint density at radius 1 is 1.28 bits per heavy atom. The largest absolute Gasteiger partial charge is 0.497 e. The van der Waals surface area contributed by atoms with Crippen LogP contribution in [-0.4, -0.2) is 21.9 Å². The van der Waals surface area contributed by atoms with Gasteiger partial charge in [0, 0.05) is 11.6 Å². The highest BCUT2D eigenvalue weighted by Crippen LogP contribution is 2.27. The molecule has 2 aromatic rings. The maximum Gasteiger partial charge on any atom is 0.167 e. The van der Waals surface area contributed by atoms with E-state index in [1.807, 2.05) is 25.3 Å². The number of ether oxygens (including phenoxy) is 1. The summed E-state index contributed by atoms with van der Waals surface area (Å²) in [4.78, 5) is 0. The lowest BCUT2D eigenvalue weighted by molar-refractivity contribution is 0.398. The van der Waals surface area contributed by atoms with E-state index in [2.05, 4.69) is 10.2 Å². The maximum atomic E-state index is 14.0. The second-order valence-corrected chi connectivity index (χ2v) is 5.04. The van der Waals surface area contributed by atoms with Crippen molar-refractivity contribution in [1.29, 1.82) is 0 Å². The van der Waals surface area contributed by atoms with E-state index in [0.717, 1.165) is 0 Å². The molecule has 0 N–H and O–H groups in total. The van der Waals surface area contributed by atoms with Gasteiger partial charge in [-0.05, 0) is 32.9 Å². The van der Waals surface area contributed by atoms with Crippen molar-refractivity contribution >= 4 is 0 Å². The van der Waals surface area contributed by atoms with Crippen molar-refractivity contribution < 1.29 is 9.13 Å². The molecule has 1 heterocycles. The molecule has 0 bridgehead atoms. The Morgan fingerprint density at radius 3 is 2.56 bits per heavy atom. The molecule has 0 aliphatic rings. The predicted octanol–water partition coefficient (Wildman–Crippen LogP) is 2.85. The van der Waals surface area contributed by atoms with E-state index in [1.54, 1.807) is 18.5 Å². The molecule has 2 rings (SSSR count). The summed E-state index contributed by atoms with van der Waals surface area (Å²) in [7, 11) is 1.51. The number of hydrogen-bond donors (Lipinski definition) is 0. The number of rotatable bonds is 2. The van der Waals surface area contributed by atoms with Crippen LogP contribution in [0, 0.1) is 5.82 Å². The quantitative estimate of drug-likeness (QED) is 0.821. The molecular formula is C13H16FN3O. The number of nitrogens with zero attached hydrogens (tertiary/aromatic N) is 3. The number of hydrogen-bond acceptors (Lipinski definition) is 3. The fourth-order valence-electron chi connectivity index (χ4n) is 1.71. The van der Waals surface area contributed by atoms with E-state index in [1.165, 1.54) is 13.2 Å². The average molecular weight is 249 g/mol. The molecule has 0 saturated carbocycles. The van der Waals surface area contributed by atoms with Crippen molar-refractivity contribution in [1.82, 2.24) is 14.8 Å². The van der Waals surface area contributed by atoms with Gasteiger partial charge in [0.25, 0.3) is 0 Å². The van der Waals surface area contributed by atoms with Gasteiger partial charge >= 0.3 is 0 Å². The molecule has 0 spiro atoms. The van der Waals surface area contributed by atoms with Gasteiger partial charge in [0.2, 0.25) is 0 Å². The SMILES string of the molecule is COc1ccc(-c2nncn2C(C)(C)C)c(F)c1. The molecule has 0 saturated heterocycles. The van der Waals surface area contributed by atoms with Crippen LogP contribution in [-0.2, 0) is 5.54 Å². The second-order valence-electron chi connectivity index (χ2n) is 5.04. The highest BCUT2D eigenvalue weighted by molar-refractivity contribution is 5.57. The highest BCUT2D eigenvalue weighted by Gasteiger charge is 2.20. The van der Waals surface area contributed by atoms with E-state index in [4.69, 9.17) is 4.74 Å². The minimum Gasteiger partial charge on any atom is -0.497 e. The summed E-state index contributed by atoms with van der Waals surface area (Å²) in [6.45, 7) is 6.05. The zero-order chi connectivity index (χ0) is 13.3. The number of benzene rings is 1. The normalized spacial score (nSPS) is 11.6. The molecule has 0 unspecified atom stereocenters. The molecule has 1 aromatic carbocycles. The van der Waals surface area contributed by atoms with Gasteiger partial charge < -0.3 is 9.30 Å². The van der Waals surface area contributed by atoms with Crippen LogP contribution >= 0.6 is 0 Å². The Hall–Kier alpha value is -1.91. The van der Waals surface area contributed by atoms with Gasteiger partial charge in [-0.3, -0.25) is 0 Å². The van der Waals surface area contributed by atoms with Gasteiger partial charge in [-0.25, -0.2) is 4.39 Å². The smallest absolute Gasteiger partial charge is 0.167 e. The minimum atomic E-state index is -0.368. The van der Waals surface area contributed by atoms with E-state index >= 15 is 0 Å². The fraction of sp³-hybridized carbons (Fsp3) is 0.385. The Labute approximate surface area is 105 Å². The molecule has 0 aliphatic heterocycles. The van der Waals surface area contributed by atoms with E-state index in [0.29, 0.717) is 17.1 Å². The monoisotopic (exact) mass is 249 g/mol. The predicted molar refractivity (Wildman–Crippen MR) is 67.0 cm³/mol. The molecule has 96 valence electrons. The summed E-state index contributed by atoms with van der Waals surface area (Å²) in [5, 5.41) is 7.87. The number of aromatic nitrogens is 3. The van der Waals surface area contributed by atoms with Gasteiger partial charge in [-0.1, -0.05) is 0 Å². The summed E-state index contributed by atoms with van der Waals surface area (Å²) >= 11 is 0. The molecule has 0 amide bonds. The van der Waals surface area contributed by atoms with E-state index < -0.39 is 0 Å². The van der Waals surface area contributed by atoms with Gasteiger partial charge in [0.15, 0.2) is 5.82 Å². The zero-order valence-electron chi connectivity index (χ0n) is 10.9. The Morgan fingerprint density at radius 2 is 2.00 bits per heavy atom. The third-order valence-electron chi connectivity index (χ3n) is 2.69. The molecule has 18 heavy (non-hydrogen) atoms. The first kappa shape index (κ1) is 12.5. The first-order valence-electron chi connectivity index (χ1n) is 5.68. The molecule has 0 aliphatic carbocycles. The van der Waals surface area contributed by atoms with Crippen LogP contribution in [0.15, 0.2) is 24.5 Å². The molecule has 0 radical (unpaired) electrons. The van der Waals surface area contributed by atoms with Crippen molar-refractivity contribution in [3.8, 4) is 17.1 Å².